The molecule has 1 aromatic carbocycles. The molecular formula is C16H20N2O2. The van der Waals surface area contributed by atoms with Crippen LogP contribution in [0.3, 0.4) is 0 Å². The molecule has 0 bridgehead atoms. The lowest BCUT2D eigenvalue weighted by molar-refractivity contribution is 0.0677. The molecule has 1 aromatic rings. The van der Waals surface area contributed by atoms with Gasteiger partial charge in [-0.3, -0.25) is 4.79 Å². The molecule has 4 heteroatoms. The average molecular weight is 272 g/mol. The monoisotopic (exact) mass is 272 g/mol. The number of likely N-dealkylation sites (tertiary alicyclic amines) is 1. The molecule has 0 aliphatic carbocycles. The molecule has 2 rings (SSSR count). The zero-order valence-electron chi connectivity index (χ0n) is 11.7. The quantitative estimate of drug-likeness (QED) is 0.786. The molecule has 1 aliphatic rings. The van der Waals surface area contributed by atoms with E-state index in [1.54, 1.807) is 4.90 Å². The van der Waals surface area contributed by atoms with Crippen LogP contribution in [0, 0.1) is 18.8 Å². The van der Waals surface area contributed by atoms with Gasteiger partial charge < -0.3 is 15.7 Å². The summed E-state index contributed by atoms with van der Waals surface area (Å²) >= 11 is 0. The fourth-order valence-corrected chi connectivity index (χ4v) is 2.49. The Morgan fingerprint density at radius 2 is 2.35 bits per heavy atom. The summed E-state index contributed by atoms with van der Waals surface area (Å²) < 4.78 is 0. The van der Waals surface area contributed by atoms with E-state index in [4.69, 9.17) is 5.73 Å². The Morgan fingerprint density at radius 3 is 3.05 bits per heavy atom. The summed E-state index contributed by atoms with van der Waals surface area (Å²) in [5, 5.41) is 9.32. The van der Waals surface area contributed by atoms with E-state index in [0.717, 1.165) is 24.0 Å². The molecule has 0 saturated carbocycles. The van der Waals surface area contributed by atoms with Gasteiger partial charge in [-0.2, -0.15) is 0 Å². The van der Waals surface area contributed by atoms with Gasteiger partial charge in [0.2, 0.25) is 0 Å². The molecule has 0 radical (unpaired) electrons. The van der Waals surface area contributed by atoms with Gasteiger partial charge in [-0.25, -0.2) is 0 Å². The van der Waals surface area contributed by atoms with Gasteiger partial charge in [0.25, 0.3) is 5.91 Å². The van der Waals surface area contributed by atoms with Crippen LogP contribution >= 0.6 is 0 Å². The second-order valence-corrected chi connectivity index (χ2v) is 5.01. The van der Waals surface area contributed by atoms with E-state index in [-0.39, 0.29) is 18.6 Å². The molecule has 106 valence electrons. The maximum atomic E-state index is 12.5. The Kier molecular flexibility index (Phi) is 4.78. The van der Waals surface area contributed by atoms with Crippen molar-refractivity contribution < 1.29 is 9.90 Å². The van der Waals surface area contributed by atoms with Gasteiger partial charge in [-0.1, -0.05) is 17.9 Å². The van der Waals surface area contributed by atoms with Crippen LogP contribution in [0.2, 0.25) is 0 Å². The minimum absolute atomic E-state index is 0.0252. The summed E-state index contributed by atoms with van der Waals surface area (Å²) in [6, 6.07) is 5.48. The smallest absolute Gasteiger partial charge is 0.254 e. The molecule has 0 spiro atoms. The number of aliphatic hydroxyl groups excluding tert-OH is 1. The number of aryl methyl sites for hydroxylation is 1. The Bertz CT molecular complexity index is 557. The van der Waals surface area contributed by atoms with E-state index < -0.39 is 0 Å². The van der Waals surface area contributed by atoms with Crippen LogP contribution in [0.5, 0.6) is 0 Å². The number of carbonyl (C=O) groups excluding carboxylic acids is 1. The Labute approximate surface area is 119 Å². The van der Waals surface area contributed by atoms with E-state index in [2.05, 4.69) is 11.8 Å². The standard InChI is InChI=1S/C16H20N2O2/c1-12-6-7-14(10-13(12)4-2-8-17)16(20)18-9-3-5-15(18)11-19/h6-7,10,15,19H,3,5,8-9,11,17H2,1H3. The lowest BCUT2D eigenvalue weighted by atomic mass is 10.0. The molecule has 20 heavy (non-hydrogen) atoms. The third-order valence-electron chi connectivity index (χ3n) is 3.66. The maximum absolute atomic E-state index is 12.5. The van der Waals surface area contributed by atoms with Crippen molar-refractivity contribution in [2.75, 3.05) is 19.7 Å². The van der Waals surface area contributed by atoms with Gasteiger partial charge in [0.05, 0.1) is 19.2 Å². The molecule has 1 atom stereocenters. The number of carbonyl (C=O) groups is 1. The van der Waals surface area contributed by atoms with Crippen molar-refractivity contribution in [3.63, 3.8) is 0 Å². The second kappa shape index (κ2) is 6.56. The van der Waals surface area contributed by atoms with E-state index in [1.807, 2.05) is 25.1 Å². The van der Waals surface area contributed by atoms with Crippen LogP contribution in [0.4, 0.5) is 0 Å². The Morgan fingerprint density at radius 1 is 1.55 bits per heavy atom. The van der Waals surface area contributed by atoms with E-state index >= 15 is 0 Å². The van der Waals surface area contributed by atoms with Crippen molar-refractivity contribution >= 4 is 5.91 Å². The third-order valence-corrected chi connectivity index (χ3v) is 3.66. The fourth-order valence-electron chi connectivity index (χ4n) is 2.49. The molecule has 1 fully saturated rings. The summed E-state index contributed by atoms with van der Waals surface area (Å²) in [5.41, 5.74) is 7.87. The summed E-state index contributed by atoms with van der Waals surface area (Å²) in [7, 11) is 0. The number of amides is 1. The Hall–Kier alpha value is -1.83. The molecular weight excluding hydrogens is 252 g/mol. The molecule has 4 nitrogen and oxygen atoms in total. The molecule has 1 aliphatic heterocycles. The first kappa shape index (κ1) is 14.6. The van der Waals surface area contributed by atoms with Gasteiger partial charge in [0.1, 0.15) is 0 Å². The van der Waals surface area contributed by atoms with Crippen molar-refractivity contribution in [2.45, 2.75) is 25.8 Å². The second-order valence-electron chi connectivity index (χ2n) is 5.01. The SMILES string of the molecule is Cc1ccc(C(=O)N2CCCC2CO)cc1C#CCN. The van der Waals surface area contributed by atoms with Gasteiger partial charge in [0.15, 0.2) is 0 Å². The number of rotatable bonds is 2. The largest absolute Gasteiger partial charge is 0.394 e. The van der Waals surface area contributed by atoms with E-state index in [1.165, 1.54) is 0 Å². The highest BCUT2D eigenvalue weighted by molar-refractivity contribution is 5.95. The first-order chi connectivity index (χ1) is 9.67. The third kappa shape index (κ3) is 3.01. The topological polar surface area (TPSA) is 66.6 Å². The van der Waals surface area contributed by atoms with Crippen molar-refractivity contribution in [1.29, 1.82) is 0 Å². The predicted molar refractivity (Wildman–Crippen MR) is 78.3 cm³/mol. The van der Waals surface area contributed by atoms with Crippen LogP contribution in [0.15, 0.2) is 18.2 Å². The summed E-state index contributed by atoms with van der Waals surface area (Å²) in [6.45, 7) is 3.00. The van der Waals surface area contributed by atoms with Gasteiger partial charge in [-0.05, 0) is 37.5 Å². The van der Waals surface area contributed by atoms with Gasteiger partial charge in [0, 0.05) is 17.7 Å². The van der Waals surface area contributed by atoms with Crippen molar-refractivity contribution in [1.82, 2.24) is 4.90 Å². The molecule has 1 saturated heterocycles. The lowest BCUT2D eigenvalue weighted by Crippen LogP contribution is -2.37. The van der Waals surface area contributed by atoms with E-state index in [0.29, 0.717) is 18.7 Å². The van der Waals surface area contributed by atoms with Crippen LogP contribution < -0.4 is 5.73 Å². The number of aliphatic hydroxyl groups is 1. The zero-order valence-corrected chi connectivity index (χ0v) is 11.7. The summed E-state index contributed by atoms with van der Waals surface area (Å²) in [4.78, 5) is 14.3. The van der Waals surface area contributed by atoms with Crippen LogP contribution in [0.1, 0.15) is 34.3 Å². The highest BCUT2D eigenvalue weighted by atomic mass is 16.3. The number of nitrogens with zero attached hydrogens (tertiary/aromatic N) is 1. The van der Waals surface area contributed by atoms with Crippen molar-refractivity contribution in [3.05, 3.63) is 34.9 Å². The zero-order chi connectivity index (χ0) is 14.5. The number of hydrogen-bond donors (Lipinski definition) is 2. The molecule has 0 aromatic heterocycles. The van der Waals surface area contributed by atoms with Crippen LogP contribution in [0.25, 0.3) is 0 Å². The molecule has 1 unspecified atom stereocenters. The van der Waals surface area contributed by atoms with Crippen molar-refractivity contribution in [3.8, 4) is 11.8 Å². The average Bonchev–Trinajstić information content (AvgIpc) is 2.94. The fraction of sp³-hybridized carbons (Fsp3) is 0.438. The first-order valence-corrected chi connectivity index (χ1v) is 6.88. The Balaban J connectivity index is 2.26. The molecule has 3 N–H and O–H groups in total. The predicted octanol–water partition coefficient (Wildman–Crippen LogP) is 0.902. The highest BCUT2D eigenvalue weighted by Crippen LogP contribution is 2.20. The molecule has 1 heterocycles. The normalized spacial score (nSPS) is 17.8. The first-order valence-electron chi connectivity index (χ1n) is 6.88. The van der Waals surface area contributed by atoms with Crippen LogP contribution in [-0.2, 0) is 0 Å². The van der Waals surface area contributed by atoms with Crippen LogP contribution in [-0.4, -0.2) is 41.7 Å². The van der Waals surface area contributed by atoms with Crippen molar-refractivity contribution in [2.24, 2.45) is 5.73 Å². The number of nitrogens with two attached hydrogens (primary N) is 1. The minimum Gasteiger partial charge on any atom is -0.394 e. The number of benzene rings is 1. The van der Waals surface area contributed by atoms with E-state index in [9.17, 15) is 9.90 Å². The summed E-state index contributed by atoms with van der Waals surface area (Å²) in [5.74, 6) is 5.77. The highest BCUT2D eigenvalue weighted by Gasteiger charge is 2.28. The number of hydrogen-bond acceptors (Lipinski definition) is 3. The van der Waals surface area contributed by atoms with Gasteiger partial charge in [-0.15, -0.1) is 0 Å². The summed E-state index contributed by atoms with van der Waals surface area (Å²) in [6.07, 6.45) is 1.82. The lowest BCUT2D eigenvalue weighted by Gasteiger charge is -2.23. The maximum Gasteiger partial charge on any atom is 0.254 e. The molecule has 1 amide bonds. The minimum atomic E-state index is -0.0534. The van der Waals surface area contributed by atoms with Gasteiger partial charge >= 0.3 is 0 Å².